The highest BCUT2D eigenvalue weighted by molar-refractivity contribution is 7.98. The molecule has 0 saturated heterocycles. The predicted molar refractivity (Wildman–Crippen MR) is 66.0 cm³/mol. The lowest BCUT2D eigenvalue weighted by atomic mass is 10.2. The van der Waals surface area contributed by atoms with Gasteiger partial charge in [-0.05, 0) is 30.7 Å². The molecule has 0 spiro atoms. The van der Waals surface area contributed by atoms with Crippen LogP contribution in [0.25, 0.3) is 0 Å². The van der Waals surface area contributed by atoms with Gasteiger partial charge in [-0.3, -0.25) is 0 Å². The van der Waals surface area contributed by atoms with Crippen molar-refractivity contribution in [1.82, 2.24) is 0 Å². The van der Waals surface area contributed by atoms with Crippen molar-refractivity contribution in [3.63, 3.8) is 0 Å². The second-order valence-electron chi connectivity index (χ2n) is 3.49. The van der Waals surface area contributed by atoms with E-state index in [1.807, 2.05) is 23.9 Å². The fourth-order valence-electron chi connectivity index (χ4n) is 1.39. The van der Waals surface area contributed by atoms with Crippen molar-refractivity contribution in [3.8, 4) is 0 Å². The number of aryl methyl sites for hydroxylation is 1. The summed E-state index contributed by atoms with van der Waals surface area (Å²) in [6.07, 6.45) is 0. The molecule has 0 nitrogen and oxygen atoms in total. The first kappa shape index (κ1) is 10.3. The van der Waals surface area contributed by atoms with Crippen LogP contribution in [-0.4, -0.2) is 0 Å². The first-order chi connectivity index (χ1) is 7.34. The molecular weight excluding hydrogens is 200 g/mol. The van der Waals surface area contributed by atoms with Crippen molar-refractivity contribution < 1.29 is 0 Å². The molecule has 0 amide bonds. The van der Waals surface area contributed by atoms with Crippen LogP contribution in [-0.2, 0) is 5.75 Å². The van der Waals surface area contributed by atoms with Crippen LogP contribution in [0, 0.1) is 13.0 Å². The Labute approximate surface area is 95.3 Å². The summed E-state index contributed by atoms with van der Waals surface area (Å²) >= 11 is 1.86. The Balaban J connectivity index is 1.99. The molecule has 0 saturated carbocycles. The van der Waals surface area contributed by atoms with Gasteiger partial charge in [-0.15, -0.1) is 11.8 Å². The molecule has 0 unspecified atom stereocenters. The van der Waals surface area contributed by atoms with Crippen molar-refractivity contribution >= 4 is 11.8 Å². The first-order valence-corrected chi connectivity index (χ1v) is 5.98. The average Bonchev–Trinajstić information content (AvgIpc) is 2.28. The van der Waals surface area contributed by atoms with Crippen LogP contribution < -0.4 is 0 Å². The van der Waals surface area contributed by atoms with Crippen molar-refractivity contribution in [2.75, 3.05) is 0 Å². The highest BCUT2D eigenvalue weighted by atomic mass is 32.2. The highest BCUT2D eigenvalue weighted by Crippen LogP contribution is 2.22. The summed E-state index contributed by atoms with van der Waals surface area (Å²) in [4.78, 5) is 1.33. The van der Waals surface area contributed by atoms with Gasteiger partial charge in [0.2, 0.25) is 0 Å². The van der Waals surface area contributed by atoms with E-state index in [4.69, 9.17) is 0 Å². The maximum Gasteiger partial charge on any atom is 0.0238 e. The molecule has 0 aromatic heterocycles. The highest BCUT2D eigenvalue weighted by Gasteiger charge is 1.95. The smallest absolute Gasteiger partial charge is 0.0238 e. The van der Waals surface area contributed by atoms with E-state index in [0.29, 0.717) is 0 Å². The third-order valence-electron chi connectivity index (χ3n) is 2.16. The summed E-state index contributed by atoms with van der Waals surface area (Å²) in [5, 5.41) is 0. The fourth-order valence-corrected chi connectivity index (χ4v) is 2.33. The quantitative estimate of drug-likeness (QED) is 0.692. The van der Waals surface area contributed by atoms with Crippen LogP contribution in [0.4, 0.5) is 0 Å². The van der Waals surface area contributed by atoms with Gasteiger partial charge in [-0.2, -0.15) is 0 Å². The maximum absolute atomic E-state index is 3.23. The summed E-state index contributed by atoms with van der Waals surface area (Å²) < 4.78 is 0. The molecule has 1 heteroatoms. The Morgan fingerprint density at radius 2 is 2.07 bits per heavy atom. The normalized spacial score (nSPS) is 10.2. The second kappa shape index (κ2) is 5.04. The molecule has 15 heavy (non-hydrogen) atoms. The first-order valence-electron chi connectivity index (χ1n) is 5.00. The van der Waals surface area contributed by atoms with E-state index in [1.165, 1.54) is 16.0 Å². The lowest BCUT2D eigenvalue weighted by Crippen LogP contribution is -1.80. The van der Waals surface area contributed by atoms with Gasteiger partial charge in [0.05, 0.1) is 0 Å². The maximum atomic E-state index is 3.23. The molecule has 0 bridgehead atoms. The summed E-state index contributed by atoms with van der Waals surface area (Å²) in [5.74, 6) is 0.990. The Morgan fingerprint density at radius 1 is 1.13 bits per heavy atom. The Bertz CT molecular complexity index is 420. The van der Waals surface area contributed by atoms with Gasteiger partial charge < -0.3 is 0 Å². The zero-order valence-corrected chi connectivity index (χ0v) is 9.55. The van der Waals surface area contributed by atoms with E-state index in [-0.39, 0.29) is 0 Å². The van der Waals surface area contributed by atoms with E-state index < -0.39 is 0 Å². The third kappa shape index (κ3) is 3.14. The van der Waals surface area contributed by atoms with Crippen LogP contribution in [0.15, 0.2) is 53.4 Å². The molecule has 0 N–H and O–H groups in total. The predicted octanol–water partition coefficient (Wildman–Crippen LogP) is 4.09. The van der Waals surface area contributed by atoms with Gasteiger partial charge in [0.1, 0.15) is 0 Å². The van der Waals surface area contributed by atoms with Crippen LogP contribution in [0.2, 0.25) is 0 Å². The molecule has 0 aliphatic carbocycles. The van der Waals surface area contributed by atoms with Gasteiger partial charge in [0, 0.05) is 10.6 Å². The Morgan fingerprint density at radius 3 is 2.80 bits per heavy atom. The zero-order chi connectivity index (χ0) is 10.5. The van der Waals surface area contributed by atoms with Gasteiger partial charge in [-0.1, -0.05) is 42.0 Å². The molecular formula is C14H13S. The summed E-state index contributed by atoms with van der Waals surface area (Å²) in [6.45, 7) is 2.12. The Kier molecular flexibility index (Phi) is 3.46. The van der Waals surface area contributed by atoms with Crippen LogP contribution in [0.5, 0.6) is 0 Å². The largest absolute Gasteiger partial charge is 0.121 e. The average molecular weight is 213 g/mol. The number of hydrogen-bond acceptors (Lipinski definition) is 1. The molecule has 0 aliphatic heterocycles. The lowest BCUT2D eigenvalue weighted by molar-refractivity contribution is 1.34. The number of benzene rings is 2. The molecule has 75 valence electrons. The SMILES string of the molecule is Cc1cccc(SCc2[c]cccc2)c1. The number of thioether (sulfide) groups is 1. The van der Waals surface area contributed by atoms with Crippen LogP contribution >= 0.6 is 11.8 Å². The van der Waals surface area contributed by atoms with Gasteiger partial charge in [-0.25, -0.2) is 0 Å². The standard InChI is InChI=1S/C14H13S/c1-12-6-5-9-14(10-12)15-11-13-7-3-2-4-8-13/h2-7,9-10H,11H2,1H3. The van der Waals surface area contributed by atoms with Crippen LogP contribution in [0.1, 0.15) is 11.1 Å². The molecule has 0 heterocycles. The summed E-state index contributed by atoms with van der Waals surface area (Å²) in [6, 6.07) is 20.0. The van der Waals surface area contributed by atoms with Crippen molar-refractivity contribution in [3.05, 3.63) is 65.7 Å². The van der Waals surface area contributed by atoms with E-state index in [2.05, 4.69) is 49.4 Å². The third-order valence-corrected chi connectivity index (χ3v) is 3.20. The molecule has 2 aromatic rings. The molecule has 2 aromatic carbocycles. The van der Waals surface area contributed by atoms with E-state index in [0.717, 1.165) is 5.75 Å². The minimum absolute atomic E-state index is 0.990. The molecule has 2 rings (SSSR count). The molecule has 0 fully saturated rings. The molecule has 0 atom stereocenters. The minimum Gasteiger partial charge on any atom is -0.121 e. The summed E-state index contributed by atoms with van der Waals surface area (Å²) in [7, 11) is 0. The topological polar surface area (TPSA) is 0 Å². The minimum atomic E-state index is 0.990. The number of hydrogen-bond donors (Lipinski definition) is 0. The zero-order valence-electron chi connectivity index (χ0n) is 8.73. The summed E-state index contributed by atoms with van der Waals surface area (Å²) in [5.41, 5.74) is 2.57. The monoisotopic (exact) mass is 213 g/mol. The van der Waals surface area contributed by atoms with Crippen molar-refractivity contribution in [1.29, 1.82) is 0 Å². The van der Waals surface area contributed by atoms with Gasteiger partial charge >= 0.3 is 0 Å². The Hall–Kier alpha value is -1.21. The van der Waals surface area contributed by atoms with Gasteiger partial charge in [0.25, 0.3) is 0 Å². The van der Waals surface area contributed by atoms with Crippen LogP contribution in [0.3, 0.4) is 0 Å². The van der Waals surface area contributed by atoms with Crippen molar-refractivity contribution in [2.45, 2.75) is 17.6 Å². The van der Waals surface area contributed by atoms with E-state index in [1.54, 1.807) is 0 Å². The van der Waals surface area contributed by atoms with E-state index in [9.17, 15) is 0 Å². The van der Waals surface area contributed by atoms with Crippen molar-refractivity contribution in [2.24, 2.45) is 0 Å². The fraction of sp³-hybridized carbons (Fsp3) is 0.143. The van der Waals surface area contributed by atoms with Gasteiger partial charge in [0.15, 0.2) is 0 Å². The number of rotatable bonds is 3. The van der Waals surface area contributed by atoms with E-state index >= 15 is 0 Å². The molecule has 1 radical (unpaired) electrons. The lowest BCUT2D eigenvalue weighted by Gasteiger charge is -2.02. The second-order valence-corrected chi connectivity index (χ2v) is 4.54. The molecule has 0 aliphatic rings.